The lowest BCUT2D eigenvalue weighted by Crippen LogP contribution is -1.84. The van der Waals surface area contributed by atoms with E-state index in [1.54, 1.807) is 11.8 Å². The van der Waals surface area contributed by atoms with Crippen LogP contribution in [0, 0.1) is 0 Å². The molecule has 0 aliphatic carbocycles. The molecule has 0 saturated heterocycles. The van der Waals surface area contributed by atoms with Gasteiger partial charge >= 0.3 is 0 Å². The molecule has 0 N–H and O–H groups in total. The van der Waals surface area contributed by atoms with Crippen molar-refractivity contribution in [2.24, 2.45) is 0 Å². The van der Waals surface area contributed by atoms with Crippen molar-refractivity contribution in [2.75, 3.05) is 6.26 Å². The normalized spacial score (nSPS) is 11.1. The third-order valence-electron chi connectivity index (χ3n) is 2.35. The summed E-state index contributed by atoms with van der Waals surface area (Å²) in [6.07, 6.45) is 3.20. The molecule has 0 amide bonds. The van der Waals surface area contributed by atoms with Crippen LogP contribution in [0.2, 0.25) is 0 Å². The summed E-state index contributed by atoms with van der Waals surface area (Å²) in [5.74, 6) is 0. The van der Waals surface area contributed by atoms with Crippen molar-refractivity contribution in [2.45, 2.75) is 23.1 Å². The van der Waals surface area contributed by atoms with Crippen molar-refractivity contribution in [3.05, 3.63) is 23.1 Å². The Hall–Kier alpha value is -0.120. The van der Waals surface area contributed by atoms with E-state index in [1.807, 2.05) is 11.3 Å². The molecular formula is C11H12S3. The van der Waals surface area contributed by atoms with Gasteiger partial charge in [0.05, 0.1) is 0 Å². The highest BCUT2D eigenvalue weighted by atomic mass is 32.2. The molecule has 1 aromatic heterocycles. The molecule has 1 aromatic carbocycles. The van der Waals surface area contributed by atoms with Gasteiger partial charge in [0.1, 0.15) is 0 Å². The fourth-order valence-electron chi connectivity index (χ4n) is 1.59. The van der Waals surface area contributed by atoms with Crippen molar-refractivity contribution < 1.29 is 0 Å². The fourth-order valence-corrected chi connectivity index (χ4v) is 3.74. The van der Waals surface area contributed by atoms with E-state index >= 15 is 0 Å². The Morgan fingerprint density at radius 2 is 2.29 bits per heavy atom. The number of benzene rings is 1. The fraction of sp³-hybridized carbons (Fsp3) is 0.273. The Kier molecular flexibility index (Phi) is 3.10. The maximum Gasteiger partial charge on any atom is 0.0386 e. The molecule has 14 heavy (non-hydrogen) atoms. The monoisotopic (exact) mass is 240 g/mol. The predicted molar refractivity (Wildman–Crippen MR) is 70.2 cm³/mol. The number of rotatable bonds is 2. The molecule has 0 bridgehead atoms. The predicted octanol–water partition coefficient (Wildman–Crippen LogP) is 4.47. The Labute approximate surface area is 98.1 Å². The van der Waals surface area contributed by atoms with Gasteiger partial charge in [-0.2, -0.15) is 0 Å². The molecule has 0 fully saturated rings. The van der Waals surface area contributed by atoms with E-state index in [4.69, 9.17) is 0 Å². The van der Waals surface area contributed by atoms with Crippen LogP contribution >= 0.6 is 35.7 Å². The molecule has 1 heterocycles. The van der Waals surface area contributed by atoms with Crippen LogP contribution in [0.25, 0.3) is 10.1 Å². The summed E-state index contributed by atoms with van der Waals surface area (Å²) < 4.78 is 1.40. The first-order chi connectivity index (χ1) is 6.77. The van der Waals surface area contributed by atoms with Gasteiger partial charge in [-0.05, 0) is 35.8 Å². The van der Waals surface area contributed by atoms with Crippen LogP contribution in [-0.4, -0.2) is 6.26 Å². The number of hydrogen-bond donors (Lipinski definition) is 1. The van der Waals surface area contributed by atoms with Crippen LogP contribution in [0.15, 0.2) is 27.3 Å². The van der Waals surface area contributed by atoms with E-state index in [0.717, 1.165) is 11.3 Å². The van der Waals surface area contributed by atoms with Gasteiger partial charge in [-0.15, -0.1) is 35.7 Å². The quantitative estimate of drug-likeness (QED) is 0.597. The van der Waals surface area contributed by atoms with E-state index in [2.05, 4.69) is 43.3 Å². The second-order valence-corrected chi connectivity index (χ2v) is 5.31. The SMILES string of the molecule is CCc1cc(SC)c(S)c2ccsc12. The van der Waals surface area contributed by atoms with E-state index in [-0.39, 0.29) is 0 Å². The first-order valence-corrected chi connectivity index (χ1v) is 7.09. The van der Waals surface area contributed by atoms with Crippen LogP contribution in [0.3, 0.4) is 0 Å². The van der Waals surface area contributed by atoms with Gasteiger partial charge in [0.2, 0.25) is 0 Å². The first kappa shape index (κ1) is 10.4. The molecule has 0 radical (unpaired) electrons. The number of thiophene rings is 1. The largest absolute Gasteiger partial charge is 0.143 e. The molecule has 0 spiro atoms. The lowest BCUT2D eigenvalue weighted by atomic mass is 10.1. The van der Waals surface area contributed by atoms with Gasteiger partial charge < -0.3 is 0 Å². The maximum atomic E-state index is 4.58. The summed E-state index contributed by atoms with van der Waals surface area (Å²) in [6, 6.07) is 4.44. The van der Waals surface area contributed by atoms with Crippen LogP contribution in [0.5, 0.6) is 0 Å². The van der Waals surface area contributed by atoms with E-state index < -0.39 is 0 Å². The summed E-state index contributed by atoms with van der Waals surface area (Å²) in [5, 5.41) is 3.45. The lowest BCUT2D eigenvalue weighted by molar-refractivity contribution is 1.13. The molecule has 3 heteroatoms. The number of thiol groups is 1. The Bertz CT molecular complexity index is 457. The van der Waals surface area contributed by atoms with Gasteiger partial charge in [0.25, 0.3) is 0 Å². The topological polar surface area (TPSA) is 0 Å². The molecule has 2 rings (SSSR count). The summed E-state index contributed by atoms with van der Waals surface area (Å²) in [5.41, 5.74) is 1.44. The zero-order valence-electron chi connectivity index (χ0n) is 8.20. The highest BCUT2D eigenvalue weighted by Crippen LogP contribution is 2.36. The van der Waals surface area contributed by atoms with E-state index in [9.17, 15) is 0 Å². The summed E-state index contributed by atoms with van der Waals surface area (Å²) in [4.78, 5) is 2.42. The second-order valence-electron chi connectivity index (χ2n) is 3.10. The third-order valence-corrected chi connectivity index (χ3v) is 4.74. The molecule has 0 unspecified atom stereocenters. The smallest absolute Gasteiger partial charge is 0.0386 e. The highest BCUT2D eigenvalue weighted by molar-refractivity contribution is 7.99. The van der Waals surface area contributed by atoms with Gasteiger partial charge in [-0.25, -0.2) is 0 Å². The van der Waals surface area contributed by atoms with Gasteiger partial charge in [-0.1, -0.05) is 6.92 Å². The molecule has 74 valence electrons. The highest BCUT2D eigenvalue weighted by Gasteiger charge is 2.08. The molecule has 0 atom stereocenters. The zero-order valence-corrected chi connectivity index (χ0v) is 10.7. The summed E-state index contributed by atoms with van der Waals surface area (Å²) in [7, 11) is 0. The molecule has 0 aliphatic heterocycles. The van der Waals surface area contributed by atoms with Crippen molar-refractivity contribution in [1.82, 2.24) is 0 Å². The molecular weight excluding hydrogens is 228 g/mol. The van der Waals surface area contributed by atoms with Crippen LogP contribution in [0.4, 0.5) is 0 Å². The average molecular weight is 240 g/mol. The molecule has 0 nitrogen and oxygen atoms in total. The van der Waals surface area contributed by atoms with E-state index in [1.165, 1.54) is 20.5 Å². The molecule has 0 saturated carbocycles. The summed E-state index contributed by atoms with van der Waals surface area (Å²) >= 11 is 8.17. The minimum absolute atomic E-state index is 1.10. The van der Waals surface area contributed by atoms with Crippen molar-refractivity contribution in [3.8, 4) is 0 Å². The Morgan fingerprint density at radius 1 is 1.50 bits per heavy atom. The number of hydrogen-bond acceptors (Lipinski definition) is 3. The Morgan fingerprint density at radius 3 is 2.93 bits per heavy atom. The second kappa shape index (κ2) is 4.17. The first-order valence-electron chi connectivity index (χ1n) is 4.54. The average Bonchev–Trinajstić information content (AvgIpc) is 2.68. The summed E-state index contributed by atoms with van der Waals surface area (Å²) in [6.45, 7) is 2.21. The minimum Gasteiger partial charge on any atom is -0.143 e. The molecule has 2 aromatic rings. The van der Waals surface area contributed by atoms with Crippen molar-refractivity contribution >= 4 is 45.8 Å². The van der Waals surface area contributed by atoms with Crippen LogP contribution < -0.4 is 0 Å². The number of thioether (sulfide) groups is 1. The zero-order chi connectivity index (χ0) is 10.1. The van der Waals surface area contributed by atoms with Gasteiger partial charge in [0, 0.05) is 19.9 Å². The lowest BCUT2D eigenvalue weighted by Gasteiger charge is -2.07. The minimum atomic E-state index is 1.10. The van der Waals surface area contributed by atoms with Crippen LogP contribution in [0.1, 0.15) is 12.5 Å². The van der Waals surface area contributed by atoms with Crippen LogP contribution in [-0.2, 0) is 6.42 Å². The van der Waals surface area contributed by atoms with Gasteiger partial charge in [0.15, 0.2) is 0 Å². The molecule has 0 aliphatic rings. The number of fused-ring (bicyclic) bond motifs is 1. The van der Waals surface area contributed by atoms with Gasteiger partial charge in [-0.3, -0.25) is 0 Å². The Balaban J connectivity index is 2.80. The third kappa shape index (κ3) is 1.58. The van der Waals surface area contributed by atoms with E-state index in [0.29, 0.717) is 0 Å². The van der Waals surface area contributed by atoms with Crippen molar-refractivity contribution in [1.29, 1.82) is 0 Å². The maximum absolute atomic E-state index is 4.58. The standard InChI is InChI=1S/C11H12S3/c1-3-7-6-9(13-2)10(12)8-4-5-14-11(7)8/h4-6,12H,3H2,1-2H3. The van der Waals surface area contributed by atoms with Crippen molar-refractivity contribution in [3.63, 3.8) is 0 Å². The number of aryl methyl sites for hydroxylation is 1.